The summed E-state index contributed by atoms with van der Waals surface area (Å²) in [4.78, 5) is 34.0. The molecule has 0 saturated carbocycles. The van der Waals surface area contributed by atoms with Gasteiger partial charge in [-0.2, -0.15) is 13.2 Å². The number of alkyl halides is 3. The number of Topliss-reactive ketones (excluding diaryl/α,β-unsaturated/α-hetero) is 1. The van der Waals surface area contributed by atoms with Crippen molar-refractivity contribution in [1.29, 1.82) is 0 Å². The second-order valence-corrected chi connectivity index (χ2v) is 11.8. The highest BCUT2D eigenvalue weighted by molar-refractivity contribution is 7.99. The summed E-state index contributed by atoms with van der Waals surface area (Å²) < 4.78 is 43.2. The lowest BCUT2D eigenvalue weighted by Crippen LogP contribution is -2.22. The Bertz CT molecular complexity index is 1840. The number of ketones is 1. The van der Waals surface area contributed by atoms with Crippen LogP contribution >= 0.6 is 23.1 Å². The van der Waals surface area contributed by atoms with Crippen molar-refractivity contribution in [3.63, 3.8) is 0 Å². The van der Waals surface area contributed by atoms with Crippen molar-refractivity contribution in [2.45, 2.75) is 44.4 Å². The zero-order valence-corrected chi connectivity index (χ0v) is 23.3. The Morgan fingerprint density at radius 1 is 1.00 bits per heavy atom. The molecule has 1 aliphatic rings. The van der Waals surface area contributed by atoms with Crippen LogP contribution in [0.25, 0.3) is 21.6 Å². The van der Waals surface area contributed by atoms with E-state index in [4.69, 9.17) is 4.98 Å². The Morgan fingerprint density at radius 2 is 1.75 bits per heavy atom. The lowest BCUT2D eigenvalue weighted by atomic mass is 10.1. The Labute approximate surface area is 236 Å². The number of aromatic nitrogens is 3. The molecule has 6 rings (SSSR count). The van der Waals surface area contributed by atoms with Gasteiger partial charge >= 0.3 is 6.18 Å². The molecular formula is C30H24F3N3O2S2. The minimum absolute atomic E-state index is 0.0166. The van der Waals surface area contributed by atoms with Gasteiger partial charge in [-0.1, -0.05) is 36.0 Å². The van der Waals surface area contributed by atoms with E-state index in [1.165, 1.54) is 22.7 Å². The molecule has 0 unspecified atom stereocenters. The summed E-state index contributed by atoms with van der Waals surface area (Å²) in [6.07, 6.45) is -1.62. The second-order valence-electron chi connectivity index (χ2n) is 9.79. The smallest absolute Gasteiger partial charge is 0.318 e. The van der Waals surface area contributed by atoms with Crippen molar-refractivity contribution < 1.29 is 18.0 Å². The van der Waals surface area contributed by atoms with Gasteiger partial charge in [0, 0.05) is 27.5 Å². The van der Waals surface area contributed by atoms with Crippen LogP contribution in [0, 0.1) is 13.8 Å². The van der Waals surface area contributed by atoms with Crippen molar-refractivity contribution in [3.8, 4) is 11.4 Å². The molecule has 0 spiro atoms. The van der Waals surface area contributed by atoms with E-state index in [1.54, 1.807) is 46.5 Å². The van der Waals surface area contributed by atoms with Crippen LogP contribution in [-0.4, -0.2) is 25.7 Å². The molecule has 40 heavy (non-hydrogen) atoms. The van der Waals surface area contributed by atoms with E-state index in [2.05, 4.69) is 0 Å². The van der Waals surface area contributed by atoms with Crippen LogP contribution in [0.4, 0.5) is 13.2 Å². The predicted molar refractivity (Wildman–Crippen MR) is 153 cm³/mol. The summed E-state index contributed by atoms with van der Waals surface area (Å²) in [5.74, 6) is -0.179. The van der Waals surface area contributed by atoms with E-state index in [0.29, 0.717) is 43.7 Å². The number of hydrogen-bond donors (Lipinski definition) is 0. The van der Waals surface area contributed by atoms with Crippen molar-refractivity contribution in [2.75, 3.05) is 5.75 Å². The van der Waals surface area contributed by atoms with Crippen LogP contribution in [0.1, 0.15) is 44.2 Å². The number of benzene rings is 2. The number of thioether (sulfide) groups is 1. The summed E-state index contributed by atoms with van der Waals surface area (Å²) in [5, 5.41) is 1.10. The van der Waals surface area contributed by atoms with Crippen LogP contribution < -0.4 is 5.56 Å². The first-order valence-corrected chi connectivity index (χ1v) is 14.6. The monoisotopic (exact) mass is 579 g/mol. The van der Waals surface area contributed by atoms with E-state index in [-0.39, 0.29) is 17.1 Å². The zero-order chi connectivity index (χ0) is 28.2. The molecule has 0 atom stereocenters. The van der Waals surface area contributed by atoms with Gasteiger partial charge in [-0.25, -0.2) is 4.98 Å². The summed E-state index contributed by atoms with van der Waals surface area (Å²) >= 11 is 2.74. The third kappa shape index (κ3) is 4.58. The van der Waals surface area contributed by atoms with Gasteiger partial charge in [-0.15, -0.1) is 11.3 Å². The molecule has 3 heterocycles. The second kappa shape index (κ2) is 10.1. The third-order valence-electron chi connectivity index (χ3n) is 7.22. The minimum atomic E-state index is -4.47. The number of halogens is 3. The molecule has 204 valence electrons. The average Bonchev–Trinajstić information content (AvgIpc) is 3.60. The molecule has 0 fully saturated rings. The molecule has 5 aromatic rings. The number of thiophene rings is 1. The number of fused-ring (bicyclic) bond motifs is 3. The van der Waals surface area contributed by atoms with Crippen molar-refractivity contribution in [3.05, 3.63) is 104 Å². The standard InChI is InChI=1S/C30H24F3N3O2S2/c1-17-14-23(18(2)35(17)21-11-6-8-19(15-21)30(31,32)33)24(37)16-39-29-34-27-26(22-12-7-13-25(22)40-27)28(38)36(29)20-9-4-3-5-10-20/h3-6,8-11,14-15H,7,12-13,16H2,1-2H3. The van der Waals surface area contributed by atoms with E-state index in [9.17, 15) is 22.8 Å². The summed E-state index contributed by atoms with van der Waals surface area (Å²) in [7, 11) is 0. The molecule has 0 amide bonds. The number of nitrogens with zero attached hydrogens (tertiary/aromatic N) is 3. The molecule has 10 heteroatoms. The molecule has 0 saturated heterocycles. The Hall–Kier alpha value is -3.63. The van der Waals surface area contributed by atoms with Gasteiger partial charge in [0.05, 0.1) is 22.4 Å². The number of carbonyl (C=O) groups excluding carboxylic acids is 1. The molecule has 1 aliphatic carbocycles. The normalized spacial score (nSPS) is 13.2. The van der Waals surface area contributed by atoms with E-state index in [0.717, 1.165) is 37.0 Å². The van der Waals surface area contributed by atoms with Gasteiger partial charge in [-0.3, -0.25) is 14.2 Å². The maximum absolute atomic E-state index is 13.8. The summed E-state index contributed by atoms with van der Waals surface area (Å²) in [6, 6.07) is 16.0. The van der Waals surface area contributed by atoms with Gasteiger partial charge in [-0.05, 0) is 75.1 Å². The highest BCUT2D eigenvalue weighted by Crippen LogP contribution is 2.36. The first kappa shape index (κ1) is 26.6. The SMILES string of the molecule is Cc1cc(C(=O)CSc2nc3sc4c(c3c(=O)n2-c2ccccc2)CCC4)c(C)n1-c1cccc(C(F)(F)F)c1. The van der Waals surface area contributed by atoms with Crippen LogP contribution in [0.15, 0.2) is 70.6 Å². The predicted octanol–water partition coefficient (Wildman–Crippen LogP) is 7.34. The summed E-state index contributed by atoms with van der Waals surface area (Å²) in [6.45, 7) is 3.48. The maximum Gasteiger partial charge on any atom is 0.416 e. The van der Waals surface area contributed by atoms with E-state index in [1.807, 2.05) is 30.3 Å². The molecule has 0 radical (unpaired) electrons. The number of hydrogen-bond acceptors (Lipinski definition) is 5. The maximum atomic E-state index is 13.8. The molecule has 3 aromatic heterocycles. The topological polar surface area (TPSA) is 56.9 Å². The molecule has 0 N–H and O–H groups in total. The fourth-order valence-corrected chi connectivity index (χ4v) is 7.60. The van der Waals surface area contributed by atoms with Gasteiger partial charge in [0.2, 0.25) is 0 Å². The van der Waals surface area contributed by atoms with Gasteiger partial charge in [0.25, 0.3) is 5.56 Å². The fraction of sp³-hybridized carbons (Fsp3) is 0.233. The van der Waals surface area contributed by atoms with Crippen LogP contribution in [0.2, 0.25) is 0 Å². The number of para-hydroxylation sites is 1. The van der Waals surface area contributed by atoms with Crippen molar-refractivity contribution in [1.82, 2.24) is 14.1 Å². The molecule has 0 bridgehead atoms. The molecule has 5 nitrogen and oxygen atoms in total. The highest BCUT2D eigenvalue weighted by atomic mass is 32.2. The Morgan fingerprint density at radius 3 is 2.50 bits per heavy atom. The summed E-state index contributed by atoms with van der Waals surface area (Å²) in [5.41, 5.74) is 2.86. The lowest BCUT2D eigenvalue weighted by molar-refractivity contribution is -0.137. The molecular weight excluding hydrogens is 555 g/mol. The molecule has 2 aromatic carbocycles. The van der Waals surface area contributed by atoms with Crippen LogP contribution in [0.3, 0.4) is 0 Å². The van der Waals surface area contributed by atoms with Gasteiger partial charge in [0.1, 0.15) is 4.83 Å². The van der Waals surface area contributed by atoms with Gasteiger partial charge in [0.15, 0.2) is 10.9 Å². The van der Waals surface area contributed by atoms with Crippen molar-refractivity contribution >= 4 is 39.1 Å². The third-order valence-corrected chi connectivity index (χ3v) is 9.34. The van der Waals surface area contributed by atoms with Crippen molar-refractivity contribution in [2.24, 2.45) is 0 Å². The first-order valence-electron chi connectivity index (χ1n) is 12.8. The first-order chi connectivity index (χ1) is 19.1. The zero-order valence-electron chi connectivity index (χ0n) is 21.7. The minimum Gasteiger partial charge on any atom is -0.318 e. The fourth-order valence-electron chi connectivity index (χ4n) is 5.40. The Balaban J connectivity index is 1.35. The highest BCUT2D eigenvalue weighted by Gasteiger charge is 2.31. The molecule has 0 aliphatic heterocycles. The number of rotatable bonds is 6. The number of aryl methyl sites for hydroxylation is 3. The van der Waals surface area contributed by atoms with E-state index < -0.39 is 11.7 Å². The quantitative estimate of drug-likeness (QED) is 0.120. The van der Waals surface area contributed by atoms with Gasteiger partial charge < -0.3 is 4.57 Å². The largest absolute Gasteiger partial charge is 0.416 e. The Kier molecular flexibility index (Phi) is 6.70. The number of carbonyl (C=O) groups is 1. The average molecular weight is 580 g/mol. The lowest BCUT2D eigenvalue weighted by Gasteiger charge is -2.13. The van der Waals surface area contributed by atoms with Crippen LogP contribution in [-0.2, 0) is 19.0 Å². The van der Waals surface area contributed by atoms with E-state index >= 15 is 0 Å². The van der Waals surface area contributed by atoms with Crippen LogP contribution in [0.5, 0.6) is 0 Å².